The Morgan fingerprint density at radius 1 is 0.793 bits per heavy atom. The van der Waals surface area contributed by atoms with Gasteiger partial charge in [0.05, 0.1) is 16.6 Å². The summed E-state index contributed by atoms with van der Waals surface area (Å²) in [5, 5.41) is 0. The molecule has 6 heteroatoms. The van der Waals surface area contributed by atoms with Crippen LogP contribution < -0.4 is 4.31 Å². The molecule has 0 spiro atoms. The molecule has 0 bridgehead atoms. The lowest BCUT2D eigenvalue weighted by atomic mass is 10.1. The quantitative estimate of drug-likeness (QED) is 0.609. The Kier molecular flexibility index (Phi) is 6.03. The lowest BCUT2D eigenvalue weighted by Crippen LogP contribution is -2.30. The number of para-hydroxylation sites is 1. The predicted octanol–water partition coefficient (Wildman–Crippen LogP) is 4.34. The van der Waals surface area contributed by atoms with Crippen LogP contribution in [0.3, 0.4) is 0 Å². The summed E-state index contributed by atoms with van der Waals surface area (Å²) in [4.78, 5) is 14.6. The fourth-order valence-corrected chi connectivity index (χ4v) is 4.23. The molecular weight excluding hydrogens is 384 g/mol. The van der Waals surface area contributed by atoms with Gasteiger partial charge in [0.2, 0.25) is 0 Å². The second-order valence-corrected chi connectivity index (χ2v) is 8.80. The van der Waals surface area contributed by atoms with Crippen molar-refractivity contribution in [2.24, 2.45) is 0 Å². The first-order chi connectivity index (χ1) is 13.8. The van der Waals surface area contributed by atoms with E-state index in [4.69, 9.17) is 0 Å². The van der Waals surface area contributed by atoms with Gasteiger partial charge in [0.25, 0.3) is 15.9 Å². The van der Waals surface area contributed by atoms with Crippen molar-refractivity contribution in [3.8, 4) is 0 Å². The van der Waals surface area contributed by atoms with Gasteiger partial charge in [0.1, 0.15) is 0 Å². The molecule has 0 aliphatic heterocycles. The lowest BCUT2D eigenvalue weighted by molar-refractivity contribution is 0.0742. The maximum atomic E-state index is 12.9. The van der Waals surface area contributed by atoms with Crippen LogP contribution in [0, 0.1) is 0 Å². The van der Waals surface area contributed by atoms with Crippen LogP contribution in [0.5, 0.6) is 0 Å². The van der Waals surface area contributed by atoms with E-state index in [1.807, 2.05) is 43.3 Å². The maximum absolute atomic E-state index is 12.9. The van der Waals surface area contributed by atoms with Crippen LogP contribution in [0.25, 0.3) is 0 Å². The number of carbonyl (C=O) groups excluding carboxylic acids is 1. The van der Waals surface area contributed by atoms with Gasteiger partial charge in [-0.2, -0.15) is 0 Å². The third-order valence-corrected chi connectivity index (χ3v) is 6.86. The van der Waals surface area contributed by atoms with Gasteiger partial charge >= 0.3 is 0 Å². The summed E-state index contributed by atoms with van der Waals surface area (Å²) in [7, 11) is -0.449. The van der Waals surface area contributed by atoms with E-state index in [1.165, 1.54) is 23.5 Å². The van der Waals surface area contributed by atoms with Gasteiger partial charge in [0, 0.05) is 19.7 Å². The highest BCUT2D eigenvalue weighted by atomic mass is 32.2. The van der Waals surface area contributed by atoms with Crippen LogP contribution in [-0.2, 0) is 10.0 Å². The SMILES string of the molecule is C[C@@H](c1ccccc1)N(C)C(=O)c1ccc(S(=O)(=O)N(C)c2ccccc2)cc1. The average molecular weight is 409 g/mol. The normalized spacial score (nSPS) is 12.2. The average Bonchev–Trinajstić information content (AvgIpc) is 2.78. The summed E-state index contributed by atoms with van der Waals surface area (Å²) in [6.07, 6.45) is 0. The fraction of sp³-hybridized carbons (Fsp3) is 0.174. The van der Waals surface area contributed by atoms with Crippen LogP contribution in [0.15, 0.2) is 89.8 Å². The van der Waals surface area contributed by atoms with Crippen molar-refractivity contribution in [2.75, 3.05) is 18.4 Å². The molecule has 0 fully saturated rings. The molecule has 1 amide bonds. The number of benzene rings is 3. The van der Waals surface area contributed by atoms with E-state index in [-0.39, 0.29) is 16.8 Å². The number of carbonyl (C=O) groups is 1. The molecule has 29 heavy (non-hydrogen) atoms. The van der Waals surface area contributed by atoms with Crippen molar-refractivity contribution < 1.29 is 13.2 Å². The van der Waals surface area contributed by atoms with Crippen molar-refractivity contribution in [1.82, 2.24) is 4.90 Å². The summed E-state index contributed by atoms with van der Waals surface area (Å²) in [6, 6.07) is 24.6. The van der Waals surface area contributed by atoms with Gasteiger partial charge in [-0.3, -0.25) is 9.10 Å². The molecule has 3 rings (SSSR count). The molecule has 3 aromatic carbocycles. The van der Waals surface area contributed by atoms with Crippen molar-refractivity contribution in [3.63, 3.8) is 0 Å². The minimum atomic E-state index is -3.71. The molecule has 1 atom stereocenters. The highest BCUT2D eigenvalue weighted by Gasteiger charge is 2.23. The first-order valence-electron chi connectivity index (χ1n) is 9.28. The minimum Gasteiger partial charge on any atom is -0.335 e. The van der Waals surface area contributed by atoms with Crippen LogP contribution in [0.2, 0.25) is 0 Å². The molecule has 150 valence electrons. The van der Waals surface area contributed by atoms with Gasteiger partial charge in [-0.25, -0.2) is 8.42 Å². The summed E-state index contributed by atoms with van der Waals surface area (Å²) in [5.74, 6) is -0.165. The monoisotopic (exact) mass is 408 g/mol. The van der Waals surface area contributed by atoms with Crippen LogP contribution in [-0.4, -0.2) is 33.3 Å². The third kappa shape index (κ3) is 4.32. The van der Waals surface area contributed by atoms with Gasteiger partial charge in [0.15, 0.2) is 0 Å². The molecule has 0 unspecified atom stereocenters. The second kappa shape index (κ2) is 8.49. The molecule has 0 saturated heterocycles. The summed E-state index contributed by atoms with van der Waals surface area (Å²) >= 11 is 0. The Bertz CT molecular complexity index is 1070. The Labute approximate surface area is 172 Å². The van der Waals surface area contributed by atoms with E-state index in [1.54, 1.807) is 48.3 Å². The Morgan fingerprint density at radius 2 is 1.31 bits per heavy atom. The number of amides is 1. The molecule has 0 aliphatic rings. The van der Waals surface area contributed by atoms with Gasteiger partial charge in [-0.1, -0.05) is 48.5 Å². The number of sulfonamides is 1. The summed E-state index contributed by atoms with van der Waals surface area (Å²) < 4.78 is 27.0. The first kappa shape index (κ1) is 20.6. The highest BCUT2D eigenvalue weighted by molar-refractivity contribution is 7.92. The smallest absolute Gasteiger partial charge is 0.264 e. The highest BCUT2D eigenvalue weighted by Crippen LogP contribution is 2.24. The Morgan fingerprint density at radius 3 is 1.86 bits per heavy atom. The maximum Gasteiger partial charge on any atom is 0.264 e. The van der Waals surface area contributed by atoms with E-state index in [0.717, 1.165) is 5.56 Å². The van der Waals surface area contributed by atoms with Gasteiger partial charge in [-0.15, -0.1) is 0 Å². The number of anilines is 1. The Hall–Kier alpha value is -3.12. The minimum absolute atomic E-state index is 0.101. The largest absolute Gasteiger partial charge is 0.335 e. The second-order valence-electron chi connectivity index (χ2n) is 6.84. The number of nitrogens with zero attached hydrogens (tertiary/aromatic N) is 2. The first-order valence-corrected chi connectivity index (χ1v) is 10.7. The molecule has 3 aromatic rings. The zero-order valence-corrected chi connectivity index (χ0v) is 17.5. The topological polar surface area (TPSA) is 57.7 Å². The number of rotatable bonds is 6. The molecule has 0 aromatic heterocycles. The van der Waals surface area contributed by atoms with Crippen LogP contribution in [0.1, 0.15) is 28.9 Å². The van der Waals surface area contributed by atoms with E-state index >= 15 is 0 Å². The molecule has 0 heterocycles. The van der Waals surface area contributed by atoms with Crippen molar-refractivity contribution >= 4 is 21.6 Å². The molecule has 0 aliphatic carbocycles. The number of hydrogen-bond acceptors (Lipinski definition) is 3. The zero-order valence-electron chi connectivity index (χ0n) is 16.7. The van der Waals surface area contributed by atoms with E-state index < -0.39 is 10.0 Å². The molecule has 0 saturated carbocycles. The van der Waals surface area contributed by atoms with Crippen LogP contribution >= 0.6 is 0 Å². The number of hydrogen-bond donors (Lipinski definition) is 0. The van der Waals surface area contributed by atoms with E-state index in [2.05, 4.69) is 0 Å². The predicted molar refractivity (Wildman–Crippen MR) is 115 cm³/mol. The standard InChI is InChI=1S/C23H24N2O3S/c1-18(19-10-6-4-7-11-19)24(2)23(26)20-14-16-22(17-15-20)29(27,28)25(3)21-12-8-5-9-13-21/h4-18H,1-3H3/t18-/m0/s1. The van der Waals surface area contributed by atoms with Gasteiger partial charge < -0.3 is 4.90 Å². The lowest BCUT2D eigenvalue weighted by Gasteiger charge is -2.25. The summed E-state index contributed by atoms with van der Waals surface area (Å²) in [6.45, 7) is 1.96. The van der Waals surface area contributed by atoms with Gasteiger partial charge in [-0.05, 0) is 48.9 Å². The van der Waals surface area contributed by atoms with E-state index in [0.29, 0.717) is 11.3 Å². The van der Waals surface area contributed by atoms with Crippen LogP contribution in [0.4, 0.5) is 5.69 Å². The van der Waals surface area contributed by atoms with Crippen molar-refractivity contribution in [1.29, 1.82) is 0 Å². The van der Waals surface area contributed by atoms with E-state index in [9.17, 15) is 13.2 Å². The fourth-order valence-electron chi connectivity index (χ4n) is 3.04. The molecular formula is C23H24N2O3S. The van der Waals surface area contributed by atoms with Crippen molar-refractivity contribution in [3.05, 3.63) is 96.1 Å². The molecule has 0 N–H and O–H groups in total. The zero-order chi connectivity index (χ0) is 21.0. The summed E-state index contributed by atoms with van der Waals surface area (Å²) in [5.41, 5.74) is 2.05. The van der Waals surface area contributed by atoms with Crippen molar-refractivity contribution in [2.45, 2.75) is 17.9 Å². The molecule has 5 nitrogen and oxygen atoms in total. The third-order valence-electron chi connectivity index (χ3n) is 5.06. The molecule has 0 radical (unpaired) electrons. The Balaban J connectivity index is 1.80.